The van der Waals surface area contributed by atoms with Gasteiger partial charge < -0.3 is 5.73 Å². The Kier molecular flexibility index (Phi) is 6.16. The third kappa shape index (κ3) is 4.05. The topological polar surface area (TPSA) is 51.8 Å². The Balaban J connectivity index is 0.000000956. The number of nitrogens with two attached hydrogens (primary N) is 1. The van der Waals surface area contributed by atoms with E-state index in [0.717, 1.165) is 11.3 Å². The Morgan fingerprint density at radius 2 is 1.75 bits per heavy atom. The highest BCUT2D eigenvalue weighted by atomic mass is 15.0. The molecule has 0 fully saturated rings. The van der Waals surface area contributed by atoms with Crippen LogP contribution in [0, 0.1) is 5.92 Å². The summed E-state index contributed by atoms with van der Waals surface area (Å²) in [6, 6.07) is 10.4. The highest BCUT2D eigenvalue weighted by Crippen LogP contribution is 2.27. The molecular weight excluding hydrogens is 246 g/mol. The summed E-state index contributed by atoms with van der Waals surface area (Å²) in [5.41, 5.74) is 8.92. The van der Waals surface area contributed by atoms with E-state index in [1.807, 2.05) is 19.9 Å². The predicted molar refractivity (Wildman–Crippen MR) is 86.5 cm³/mol. The molecule has 0 aliphatic rings. The number of nitrogen functional groups attached to an aromatic ring is 1. The normalized spacial score (nSPS) is 11.7. The van der Waals surface area contributed by atoms with Crippen molar-refractivity contribution in [3.05, 3.63) is 42.1 Å². The average Bonchev–Trinajstić information content (AvgIpc) is 2.48. The molecule has 1 aromatic carbocycles. The Morgan fingerprint density at radius 1 is 1.05 bits per heavy atom. The Bertz CT molecular complexity index is 535. The van der Waals surface area contributed by atoms with E-state index in [0.29, 0.717) is 17.8 Å². The van der Waals surface area contributed by atoms with Crippen LogP contribution in [0.4, 0.5) is 5.95 Å². The largest absolute Gasteiger partial charge is 0.368 e. The molecule has 2 aromatic rings. The molecule has 108 valence electrons. The van der Waals surface area contributed by atoms with Crippen LogP contribution in [0.5, 0.6) is 0 Å². The van der Waals surface area contributed by atoms with Crippen LogP contribution in [0.2, 0.25) is 0 Å². The van der Waals surface area contributed by atoms with Gasteiger partial charge in [-0.1, -0.05) is 52.8 Å². The van der Waals surface area contributed by atoms with Gasteiger partial charge >= 0.3 is 0 Å². The monoisotopic (exact) mass is 271 g/mol. The van der Waals surface area contributed by atoms with Crippen LogP contribution in [-0.4, -0.2) is 9.97 Å². The third-order valence-corrected chi connectivity index (χ3v) is 3.38. The van der Waals surface area contributed by atoms with E-state index in [4.69, 9.17) is 5.73 Å². The molecule has 0 amide bonds. The average molecular weight is 271 g/mol. The van der Waals surface area contributed by atoms with Crippen LogP contribution in [0.3, 0.4) is 0 Å². The van der Waals surface area contributed by atoms with Crippen molar-refractivity contribution in [1.29, 1.82) is 0 Å². The van der Waals surface area contributed by atoms with E-state index in [1.54, 1.807) is 6.20 Å². The molecular formula is C17H25N3. The van der Waals surface area contributed by atoms with Gasteiger partial charge in [-0.3, -0.25) is 0 Å². The summed E-state index contributed by atoms with van der Waals surface area (Å²) in [7, 11) is 0. The van der Waals surface area contributed by atoms with E-state index in [9.17, 15) is 0 Å². The predicted octanol–water partition coefficient (Wildman–Crippen LogP) is 4.51. The second-order valence-electron chi connectivity index (χ2n) is 4.96. The number of aromatic nitrogens is 2. The first-order valence-corrected chi connectivity index (χ1v) is 7.27. The first-order chi connectivity index (χ1) is 9.58. The van der Waals surface area contributed by atoms with Crippen molar-refractivity contribution in [2.24, 2.45) is 5.92 Å². The van der Waals surface area contributed by atoms with Crippen LogP contribution >= 0.6 is 0 Å². The van der Waals surface area contributed by atoms with Crippen molar-refractivity contribution in [3.8, 4) is 11.3 Å². The van der Waals surface area contributed by atoms with Gasteiger partial charge in [-0.15, -0.1) is 0 Å². The standard InChI is InChI=1S/C15H19N3.C2H6/c1-10(2)11(3)12-5-4-6-13(9-12)14-7-8-17-15(16)18-14;1-2/h4-11H,1-3H3,(H2,16,17,18);1-2H3. The summed E-state index contributed by atoms with van der Waals surface area (Å²) >= 11 is 0. The fourth-order valence-electron chi connectivity index (χ4n) is 1.90. The number of hydrogen-bond acceptors (Lipinski definition) is 3. The molecule has 0 bridgehead atoms. The van der Waals surface area contributed by atoms with Gasteiger partial charge in [0.2, 0.25) is 5.95 Å². The number of hydrogen-bond donors (Lipinski definition) is 1. The second kappa shape index (κ2) is 7.63. The maximum atomic E-state index is 5.62. The molecule has 1 unspecified atom stereocenters. The smallest absolute Gasteiger partial charge is 0.220 e. The maximum Gasteiger partial charge on any atom is 0.220 e. The molecule has 20 heavy (non-hydrogen) atoms. The summed E-state index contributed by atoms with van der Waals surface area (Å²) < 4.78 is 0. The van der Waals surface area contributed by atoms with E-state index in [-0.39, 0.29) is 0 Å². The first kappa shape index (κ1) is 16.2. The van der Waals surface area contributed by atoms with Gasteiger partial charge in [0.15, 0.2) is 0 Å². The molecule has 3 nitrogen and oxygen atoms in total. The highest BCUT2D eigenvalue weighted by Gasteiger charge is 2.11. The van der Waals surface area contributed by atoms with Crippen LogP contribution in [0.15, 0.2) is 36.5 Å². The Morgan fingerprint density at radius 3 is 2.35 bits per heavy atom. The molecule has 1 heterocycles. The van der Waals surface area contributed by atoms with Crippen LogP contribution in [0.1, 0.15) is 46.1 Å². The Labute approximate surface area is 122 Å². The first-order valence-electron chi connectivity index (χ1n) is 7.27. The lowest BCUT2D eigenvalue weighted by Crippen LogP contribution is -2.02. The minimum Gasteiger partial charge on any atom is -0.368 e. The van der Waals surface area contributed by atoms with E-state index < -0.39 is 0 Å². The molecule has 0 aliphatic heterocycles. The van der Waals surface area contributed by atoms with Crippen molar-refractivity contribution in [2.75, 3.05) is 5.73 Å². The van der Waals surface area contributed by atoms with Crippen molar-refractivity contribution in [3.63, 3.8) is 0 Å². The van der Waals surface area contributed by atoms with E-state index in [1.165, 1.54) is 5.56 Å². The Hall–Kier alpha value is -1.90. The molecule has 0 aliphatic carbocycles. The second-order valence-corrected chi connectivity index (χ2v) is 4.96. The van der Waals surface area contributed by atoms with Crippen molar-refractivity contribution in [2.45, 2.75) is 40.5 Å². The SMILES string of the molecule is CC.CC(C)C(C)c1cccc(-c2ccnc(N)n2)c1. The van der Waals surface area contributed by atoms with Gasteiger partial charge in [0.05, 0.1) is 5.69 Å². The van der Waals surface area contributed by atoms with E-state index in [2.05, 4.69) is 55.0 Å². The zero-order valence-electron chi connectivity index (χ0n) is 13.1. The number of benzene rings is 1. The zero-order valence-corrected chi connectivity index (χ0v) is 13.1. The highest BCUT2D eigenvalue weighted by molar-refractivity contribution is 5.60. The summed E-state index contributed by atoms with van der Waals surface area (Å²) in [5.74, 6) is 1.47. The number of rotatable bonds is 3. The molecule has 2 N–H and O–H groups in total. The summed E-state index contributed by atoms with van der Waals surface area (Å²) in [6.07, 6.45) is 1.69. The van der Waals surface area contributed by atoms with Gasteiger partial charge in [-0.2, -0.15) is 0 Å². The van der Waals surface area contributed by atoms with Crippen LogP contribution in [0.25, 0.3) is 11.3 Å². The van der Waals surface area contributed by atoms with Crippen molar-refractivity contribution < 1.29 is 0 Å². The van der Waals surface area contributed by atoms with Crippen LogP contribution in [-0.2, 0) is 0 Å². The van der Waals surface area contributed by atoms with Gasteiger partial charge in [-0.25, -0.2) is 9.97 Å². The molecule has 0 spiro atoms. The molecule has 2 rings (SSSR count). The third-order valence-electron chi connectivity index (χ3n) is 3.38. The lowest BCUT2D eigenvalue weighted by Gasteiger charge is -2.16. The van der Waals surface area contributed by atoms with Gasteiger partial charge in [0.25, 0.3) is 0 Å². The fourth-order valence-corrected chi connectivity index (χ4v) is 1.90. The maximum absolute atomic E-state index is 5.62. The van der Waals surface area contributed by atoms with Gasteiger partial charge in [0, 0.05) is 11.8 Å². The minimum atomic E-state index is 0.315. The molecule has 1 atom stereocenters. The van der Waals surface area contributed by atoms with Crippen LogP contribution < -0.4 is 5.73 Å². The van der Waals surface area contributed by atoms with Gasteiger partial charge in [0.1, 0.15) is 0 Å². The zero-order chi connectivity index (χ0) is 15.1. The molecule has 0 radical (unpaired) electrons. The van der Waals surface area contributed by atoms with Gasteiger partial charge in [-0.05, 0) is 29.5 Å². The lowest BCUT2D eigenvalue weighted by molar-refractivity contribution is 0.535. The summed E-state index contributed by atoms with van der Waals surface area (Å²) in [6.45, 7) is 10.7. The summed E-state index contributed by atoms with van der Waals surface area (Å²) in [4.78, 5) is 8.17. The van der Waals surface area contributed by atoms with Crippen molar-refractivity contribution >= 4 is 5.95 Å². The van der Waals surface area contributed by atoms with E-state index >= 15 is 0 Å². The lowest BCUT2D eigenvalue weighted by atomic mass is 9.89. The number of anilines is 1. The molecule has 0 saturated carbocycles. The minimum absolute atomic E-state index is 0.315. The summed E-state index contributed by atoms with van der Waals surface area (Å²) in [5, 5.41) is 0. The fraction of sp³-hybridized carbons (Fsp3) is 0.412. The molecule has 1 aromatic heterocycles. The number of nitrogens with zero attached hydrogens (tertiary/aromatic N) is 2. The van der Waals surface area contributed by atoms with Crippen molar-refractivity contribution in [1.82, 2.24) is 9.97 Å². The molecule has 3 heteroatoms. The quantitative estimate of drug-likeness (QED) is 0.893. The molecule has 0 saturated heterocycles.